The van der Waals surface area contributed by atoms with Gasteiger partial charge in [-0.25, -0.2) is 0 Å². The van der Waals surface area contributed by atoms with E-state index in [-0.39, 0.29) is 5.78 Å². The summed E-state index contributed by atoms with van der Waals surface area (Å²) in [5, 5.41) is 3.41. The molecule has 0 atom stereocenters. The number of hydrogen-bond donors (Lipinski definition) is 2. The van der Waals surface area contributed by atoms with Gasteiger partial charge in [-0.1, -0.05) is 32.1 Å². The summed E-state index contributed by atoms with van der Waals surface area (Å²) in [6, 6.07) is 5.61. The number of benzene rings is 1. The highest BCUT2D eigenvalue weighted by atomic mass is 16.1. The Labute approximate surface area is 115 Å². The molecule has 0 radical (unpaired) electrons. The fourth-order valence-electron chi connectivity index (χ4n) is 2.87. The molecule has 1 aliphatic rings. The second-order valence-electron chi connectivity index (χ2n) is 5.58. The number of nitrogens with one attached hydrogen (secondary N) is 1. The number of carbonyl (C=O) groups is 1. The molecule has 0 amide bonds. The summed E-state index contributed by atoms with van der Waals surface area (Å²) in [6.45, 7) is 2.53. The van der Waals surface area contributed by atoms with Gasteiger partial charge in [-0.05, 0) is 37.5 Å². The van der Waals surface area contributed by atoms with Crippen LogP contribution in [0.4, 0.5) is 11.4 Å². The van der Waals surface area contributed by atoms with Gasteiger partial charge in [0.1, 0.15) is 0 Å². The van der Waals surface area contributed by atoms with Crippen LogP contribution in [0, 0.1) is 5.92 Å². The van der Waals surface area contributed by atoms with E-state index in [2.05, 4.69) is 5.32 Å². The van der Waals surface area contributed by atoms with Gasteiger partial charge in [0.2, 0.25) is 0 Å². The lowest BCUT2D eigenvalue weighted by Gasteiger charge is -2.21. The molecular weight excluding hydrogens is 236 g/mol. The zero-order valence-electron chi connectivity index (χ0n) is 11.7. The number of carbonyl (C=O) groups excluding carboxylic acids is 1. The number of anilines is 2. The van der Waals surface area contributed by atoms with E-state index in [1.54, 1.807) is 13.0 Å². The van der Waals surface area contributed by atoms with Gasteiger partial charge in [-0.2, -0.15) is 0 Å². The van der Waals surface area contributed by atoms with Gasteiger partial charge in [0.15, 0.2) is 5.78 Å². The van der Waals surface area contributed by atoms with Crippen molar-refractivity contribution in [3.05, 3.63) is 23.8 Å². The number of nitrogens with two attached hydrogens (primary N) is 1. The highest BCUT2D eigenvalue weighted by molar-refractivity contribution is 5.99. The quantitative estimate of drug-likeness (QED) is 0.624. The smallest absolute Gasteiger partial charge is 0.161 e. The maximum absolute atomic E-state index is 11.4. The minimum absolute atomic E-state index is 0.0217. The lowest BCUT2D eigenvalue weighted by atomic mass is 9.87. The zero-order valence-corrected chi connectivity index (χ0v) is 11.7. The summed E-state index contributed by atoms with van der Waals surface area (Å²) in [5.41, 5.74) is 7.96. The normalized spacial score (nSPS) is 16.3. The molecule has 0 unspecified atom stereocenters. The Kier molecular flexibility index (Phi) is 4.83. The fraction of sp³-hybridized carbons (Fsp3) is 0.562. The molecule has 0 bridgehead atoms. The molecule has 1 aromatic carbocycles. The van der Waals surface area contributed by atoms with Crippen molar-refractivity contribution in [1.29, 1.82) is 0 Å². The van der Waals surface area contributed by atoms with E-state index >= 15 is 0 Å². The molecule has 3 nitrogen and oxygen atoms in total. The van der Waals surface area contributed by atoms with Crippen molar-refractivity contribution >= 4 is 17.2 Å². The summed E-state index contributed by atoms with van der Waals surface area (Å²) < 4.78 is 0. The zero-order chi connectivity index (χ0) is 13.7. The van der Waals surface area contributed by atoms with Crippen LogP contribution in [0.3, 0.4) is 0 Å². The average Bonchev–Trinajstić information content (AvgIpc) is 2.41. The molecule has 1 saturated carbocycles. The van der Waals surface area contributed by atoms with Gasteiger partial charge in [-0.15, -0.1) is 0 Å². The third-order valence-corrected chi connectivity index (χ3v) is 4.04. The third-order valence-electron chi connectivity index (χ3n) is 4.04. The Balaban J connectivity index is 1.85. The van der Waals surface area contributed by atoms with Crippen LogP contribution >= 0.6 is 0 Å². The van der Waals surface area contributed by atoms with Crippen molar-refractivity contribution in [2.45, 2.75) is 45.4 Å². The predicted molar refractivity (Wildman–Crippen MR) is 80.5 cm³/mol. The van der Waals surface area contributed by atoms with Crippen LogP contribution in [0.5, 0.6) is 0 Å². The van der Waals surface area contributed by atoms with Crippen molar-refractivity contribution < 1.29 is 4.79 Å². The highest BCUT2D eigenvalue weighted by Crippen LogP contribution is 2.26. The van der Waals surface area contributed by atoms with Crippen molar-refractivity contribution in [3.63, 3.8) is 0 Å². The van der Waals surface area contributed by atoms with E-state index in [4.69, 9.17) is 5.73 Å². The SMILES string of the molecule is CC(=O)c1cc(NCCC2CCCCC2)ccc1N. The summed E-state index contributed by atoms with van der Waals surface area (Å²) in [7, 11) is 0. The van der Waals surface area contributed by atoms with Gasteiger partial charge in [0.25, 0.3) is 0 Å². The van der Waals surface area contributed by atoms with E-state index in [1.807, 2.05) is 12.1 Å². The average molecular weight is 260 g/mol. The van der Waals surface area contributed by atoms with Gasteiger partial charge in [-0.3, -0.25) is 4.79 Å². The van der Waals surface area contributed by atoms with Crippen LogP contribution in [-0.4, -0.2) is 12.3 Å². The molecule has 104 valence electrons. The Morgan fingerprint density at radius 3 is 2.74 bits per heavy atom. The van der Waals surface area contributed by atoms with Crippen molar-refractivity contribution in [2.24, 2.45) is 5.92 Å². The Morgan fingerprint density at radius 1 is 1.32 bits per heavy atom. The summed E-state index contributed by atoms with van der Waals surface area (Å²) >= 11 is 0. The van der Waals surface area contributed by atoms with Gasteiger partial charge >= 0.3 is 0 Å². The molecule has 0 heterocycles. The Bertz CT molecular complexity index is 436. The standard InChI is InChI=1S/C16H24N2O/c1-12(19)15-11-14(7-8-16(15)17)18-10-9-13-5-3-2-4-6-13/h7-8,11,13,18H,2-6,9-10,17H2,1H3. The molecule has 0 aliphatic heterocycles. The third kappa shape index (κ3) is 3.98. The minimum atomic E-state index is 0.0217. The van der Waals surface area contributed by atoms with Crippen molar-refractivity contribution in [3.8, 4) is 0 Å². The molecule has 1 aromatic rings. The van der Waals surface area contributed by atoms with Crippen LogP contribution < -0.4 is 11.1 Å². The van der Waals surface area contributed by atoms with Crippen LogP contribution in [0.15, 0.2) is 18.2 Å². The molecule has 1 fully saturated rings. The van der Waals surface area contributed by atoms with Gasteiger partial charge in [0.05, 0.1) is 0 Å². The molecule has 0 aromatic heterocycles. The first kappa shape index (κ1) is 13.9. The lowest BCUT2D eigenvalue weighted by Crippen LogP contribution is -2.12. The molecule has 0 spiro atoms. The summed E-state index contributed by atoms with van der Waals surface area (Å²) in [5.74, 6) is 0.899. The predicted octanol–water partition coefficient (Wildman–Crippen LogP) is 3.85. The fourth-order valence-corrected chi connectivity index (χ4v) is 2.87. The second-order valence-corrected chi connectivity index (χ2v) is 5.58. The van der Waals surface area contributed by atoms with Crippen LogP contribution in [0.1, 0.15) is 55.8 Å². The van der Waals surface area contributed by atoms with Crippen LogP contribution in [-0.2, 0) is 0 Å². The van der Waals surface area contributed by atoms with E-state index in [1.165, 1.54) is 38.5 Å². The molecule has 0 saturated heterocycles. The van der Waals surface area contributed by atoms with Gasteiger partial charge < -0.3 is 11.1 Å². The molecule has 2 rings (SSSR count). The van der Waals surface area contributed by atoms with Crippen LogP contribution in [0.2, 0.25) is 0 Å². The van der Waals surface area contributed by atoms with E-state index in [0.717, 1.165) is 18.2 Å². The minimum Gasteiger partial charge on any atom is -0.398 e. The number of rotatable bonds is 5. The lowest BCUT2D eigenvalue weighted by molar-refractivity contribution is 0.101. The number of Topliss-reactive ketones (excluding diaryl/α,β-unsaturated/α-hetero) is 1. The van der Waals surface area contributed by atoms with Gasteiger partial charge in [0, 0.05) is 23.5 Å². The number of ketones is 1. The Morgan fingerprint density at radius 2 is 2.05 bits per heavy atom. The molecule has 3 heteroatoms. The maximum Gasteiger partial charge on any atom is 0.161 e. The first-order valence-electron chi connectivity index (χ1n) is 7.31. The molecule has 3 N–H and O–H groups in total. The number of nitrogen functional groups attached to an aromatic ring is 1. The van der Waals surface area contributed by atoms with Crippen LogP contribution in [0.25, 0.3) is 0 Å². The molecule has 19 heavy (non-hydrogen) atoms. The largest absolute Gasteiger partial charge is 0.398 e. The van der Waals surface area contributed by atoms with E-state index in [0.29, 0.717) is 11.3 Å². The van der Waals surface area contributed by atoms with E-state index < -0.39 is 0 Å². The van der Waals surface area contributed by atoms with Crippen molar-refractivity contribution in [2.75, 3.05) is 17.6 Å². The maximum atomic E-state index is 11.4. The molecular formula is C16H24N2O. The topological polar surface area (TPSA) is 55.1 Å². The Hall–Kier alpha value is -1.51. The monoisotopic (exact) mass is 260 g/mol. The number of hydrogen-bond acceptors (Lipinski definition) is 3. The van der Waals surface area contributed by atoms with E-state index in [9.17, 15) is 4.79 Å². The first-order valence-corrected chi connectivity index (χ1v) is 7.31. The summed E-state index contributed by atoms with van der Waals surface area (Å²) in [4.78, 5) is 11.4. The summed E-state index contributed by atoms with van der Waals surface area (Å²) in [6.07, 6.45) is 8.16. The first-order chi connectivity index (χ1) is 9.16. The van der Waals surface area contributed by atoms with Crippen molar-refractivity contribution in [1.82, 2.24) is 0 Å². The highest BCUT2D eigenvalue weighted by Gasteiger charge is 2.12. The molecule has 1 aliphatic carbocycles. The second kappa shape index (κ2) is 6.60.